The van der Waals surface area contributed by atoms with Crippen LogP contribution in [-0.4, -0.2) is 19.9 Å². The summed E-state index contributed by atoms with van der Waals surface area (Å²) in [6.45, 7) is 3.98. The van der Waals surface area contributed by atoms with Crippen LogP contribution >= 0.6 is 0 Å². The average molecular weight is 406 g/mol. The molecule has 4 rings (SSSR count). The Labute approximate surface area is 178 Å². The van der Waals surface area contributed by atoms with E-state index in [9.17, 15) is 0 Å². The molecule has 0 aliphatic carbocycles. The topological polar surface area (TPSA) is 126 Å². The number of hydrogen-bond donors (Lipinski definition) is 3. The standard InChI is InChI=1S/C23H18N8/c1-14-10-17(4-3-9-24)11-15(2)19(14)29-23-30-21-20(26-13-27-21)22(31-23)28-18-7-5-16(12-25)6-8-18/h3-8,10-11,13H,1-2H3,(H3,26,27,28,29,30,31)/b4-3+. The van der Waals surface area contributed by atoms with Gasteiger partial charge in [-0.15, -0.1) is 0 Å². The maximum atomic E-state index is 8.98. The van der Waals surface area contributed by atoms with Gasteiger partial charge in [0.1, 0.15) is 0 Å². The molecule has 0 saturated carbocycles. The van der Waals surface area contributed by atoms with Crippen molar-refractivity contribution in [1.82, 2.24) is 19.9 Å². The van der Waals surface area contributed by atoms with Gasteiger partial charge in [0, 0.05) is 17.5 Å². The predicted octanol–water partition coefficient (Wildman–Crippen LogP) is 4.87. The second kappa shape index (κ2) is 8.36. The van der Waals surface area contributed by atoms with E-state index in [1.807, 2.05) is 44.2 Å². The Balaban J connectivity index is 1.68. The highest BCUT2D eigenvalue weighted by Gasteiger charge is 2.13. The molecule has 0 aliphatic heterocycles. The Kier molecular flexibility index (Phi) is 5.29. The molecular weight excluding hydrogens is 388 g/mol. The van der Waals surface area contributed by atoms with E-state index in [-0.39, 0.29) is 0 Å². The highest BCUT2D eigenvalue weighted by atomic mass is 15.2. The van der Waals surface area contributed by atoms with Crippen LogP contribution in [0.4, 0.5) is 23.1 Å². The maximum absolute atomic E-state index is 8.98. The number of nitrogens with one attached hydrogen (secondary N) is 3. The number of H-pyrrole nitrogens is 1. The number of aromatic nitrogens is 4. The van der Waals surface area contributed by atoms with E-state index < -0.39 is 0 Å². The SMILES string of the molecule is Cc1cc(/C=C/C#N)cc(C)c1Nc1nc(Nc2ccc(C#N)cc2)c2nc[nH]c2n1. The van der Waals surface area contributed by atoms with Crippen LogP contribution in [0.15, 0.2) is 48.8 Å². The third kappa shape index (κ3) is 4.19. The molecule has 8 nitrogen and oxygen atoms in total. The van der Waals surface area contributed by atoms with Crippen LogP contribution in [0.2, 0.25) is 0 Å². The first-order valence-corrected chi connectivity index (χ1v) is 9.50. The van der Waals surface area contributed by atoms with Crippen LogP contribution in [-0.2, 0) is 0 Å². The third-order valence-corrected chi connectivity index (χ3v) is 4.70. The largest absolute Gasteiger partial charge is 0.338 e. The number of imidazole rings is 1. The van der Waals surface area contributed by atoms with Gasteiger partial charge in [-0.05, 0) is 73.0 Å². The first kappa shape index (κ1) is 19.6. The molecule has 4 aromatic rings. The number of aryl methyl sites for hydroxylation is 2. The quantitative estimate of drug-likeness (QED) is 0.404. The third-order valence-electron chi connectivity index (χ3n) is 4.70. The van der Waals surface area contributed by atoms with Crippen molar-refractivity contribution in [3.8, 4) is 12.1 Å². The summed E-state index contributed by atoms with van der Waals surface area (Å²) in [5.74, 6) is 0.960. The fraction of sp³-hybridized carbons (Fsp3) is 0.0870. The lowest BCUT2D eigenvalue weighted by atomic mass is 10.0. The molecule has 2 heterocycles. The lowest BCUT2D eigenvalue weighted by Crippen LogP contribution is -2.04. The number of anilines is 4. The van der Waals surface area contributed by atoms with Crippen LogP contribution in [0, 0.1) is 36.5 Å². The van der Waals surface area contributed by atoms with Gasteiger partial charge in [0.2, 0.25) is 5.95 Å². The van der Waals surface area contributed by atoms with Crippen LogP contribution in [0.1, 0.15) is 22.3 Å². The lowest BCUT2D eigenvalue weighted by molar-refractivity contribution is 1.18. The van der Waals surface area contributed by atoms with Crippen LogP contribution in [0.3, 0.4) is 0 Å². The summed E-state index contributed by atoms with van der Waals surface area (Å²) in [7, 11) is 0. The summed E-state index contributed by atoms with van der Waals surface area (Å²) >= 11 is 0. The van der Waals surface area contributed by atoms with Crippen molar-refractivity contribution in [3.63, 3.8) is 0 Å². The van der Waals surface area contributed by atoms with Crippen LogP contribution in [0.5, 0.6) is 0 Å². The minimum absolute atomic E-state index is 0.416. The van der Waals surface area contributed by atoms with Gasteiger partial charge in [-0.1, -0.05) is 0 Å². The molecule has 2 aromatic heterocycles. The van der Waals surface area contributed by atoms with E-state index in [4.69, 9.17) is 10.5 Å². The lowest BCUT2D eigenvalue weighted by Gasteiger charge is -2.14. The summed E-state index contributed by atoms with van der Waals surface area (Å²) in [6, 6.07) is 15.2. The number of nitrogens with zero attached hydrogens (tertiary/aromatic N) is 5. The van der Waals surface area contributed by atoms with E-state index in [2.05, 4.69) is 36.6 Å². The first-order valence-electron chi connectivity index (χ1n) is 9.50. The number of hydrogen-bond acceptors (Lipinski definition) is 7. The van der Waals surface area contributed by atoms with E-state index in [0.717, 1.165) is 28.1 Å². The average Bonchev–Trinajstić information content (AvgIpc) is 3.24. The minimum Gasteiger partial charge on any atom is -0.338 e. The first-order chi connectivity index (χ1) is 15.1. The van der Waals surface area contributed by atoms with E-state index in [1.54, 1.807) is 24.5 Å². The monoisotopic (exact) mass is 406 g/mol. The summed E-state index contributed by atoms with van der Waals surface area (Å²) in [5, 5.41) is 24.3. The zero-order valence-corrected chi connectivity index (χ0v) is 16.9. The van der Waals surface area contributed by atoms with E-state index in [1.165, 1.54) is 6.08 Å². The van der Waals surface area contributed by atoms with E-state index >= 15 is 0 Å². The number of fused-ring (bicyclic) bond motifs is 1. The van der Waals surface area contributed by atoms with Crippen molar-refractivity contribution in [2.24, 2.45) is 0 Å². The van der Waals surface area contributed by atoms with Gasteiger partial charge in [-0.3, -0.25) is 0 Å². The van der Waals surface area contributed by atoms with Crippen molar-refractivity contribution in [2.45, 2.75) is 13.8 Å². The Morgan fingerprint density at radius 1 is 1.00 bits per heavy atom. The molecule has 0 aliphatic rings. The smallest absolute Gasteiger partial charge is 0.231 e. The molecule has 0 atom stereocenters. The molecule has 0 saturated heterocycles. The summed E-state index contributed by atoms with van der Waals surface area (Å²) in [4.78, 5) is 16.5. The maximum Gasteiger partial charge on any atom is 0.231 e. The Morgan fingerprint density at radius 2 is 1.74 bits per heavy atom. The number of benzene rings is 2. The molecule has 0 bridgehead atoms. The van der Waals surface area contributed by atoms with Crippen LogP contribution < -0.4 is 10.6 Å². The van der Waals surface area contributed by atoms with Gasteiger partial charge in [-0.25, -0.2) is 4.98 Å². The fourth-order valence-corrected chi connectivity index (χ4v) is 3.28. The summed E-state index contributed by atoms with van der Waals surface area (Å²) < 4.78 is 0. The fourth-order valence-electron chi connectivity index (χ4n) is 3.28. The molecule has 0 unspecified atom stereocenters. The Hall–Kier alpha value is -4.69. The highest BCUT2D eigenvalue weighted by Crippen LogP contribution is 2.28. The summed E-state index contributed by atoms with van der Waals surface area (Å²) in [6.07, 6.45) is 4.80. The van der Waals surface area contributed by atoms with Crippen molar-refractivity contribution in [1.29, 1.82) is 10.5 Å². The zero-order chi connectivity index (χ0) is 21.8. The highest BCUT2D eigenvalue weighted by molar-refractivity contribution is 5.86. The molecule has 0 spiro atoms. The molecule has 8 heteroatoms. The molecule has 0 radical (unpaired) electrons. The number of allylic oxidation sites excluding steroid dienone is 1. The van der Waals surface area contributed by atoms with Crippen molar-refractivity contribution in [2.75, 3.05) is 10.6 Å². The van der Waals surface area contributed by atoms with Crippen LogP contribution in [0.25, 0.3) is 17.2 Å². The second-order valence-corrected chi connectivity index (χ2v) is 6.93. The van der Waals surface area contributed by atoms with Gasteiger partial charge in [-0.2, -0.15) is 20.5 Å². The molecule has 31 heavy (non-hydrogen) atoms. The van der Waals surface area contributed by atoms with Crippen molar-refractivity contribution < 1.29 is 0 Å². The number of rotatable bonds is 5. The van der Waals surface area contributed by atoms with Gasteiger partial charge in [0.05, 0.1) is 24.0 Å². The Morgan fingerprint density at radius 3 is 2.42 bits per heavy atom. The second-order valence-electron chi connectivity index (χ2n) is 6.93. The molecule has 0 amide bonds. The Bertz CT molecular complexity index is 1340. The number of aromatic amines is 1. The molecule has 0 fully saturated rings. The normalized spacial score (nSPS) is 10.7. The zero-order valence-electron chi connectivity index (χ0n) is 16.9. The van der Waals surface area contributed by atoms with Crippen molar-refractivity contribution >= 4 is 40.4 Å². The predicted molar refractivity (Wildman–Crippen MR) is 120 cm³/mol. The molecule has 3 N–H and O–H groups in total. The summed E-state index contributed by atoms with van der Waals surface area (Å²) in [5.41, 5.74) is 6.44. The molecule has 150 valence electrons. The van der Waals surface area contributed by atoms with Gasteiger partial charge in [0.25, 0.3) is 0 Å². The van der Waals surface area contributed by atoms with Crippen molar-refractivity contribution in [3.05, 3.63) is 71.1 Å². The molecule has 2 aromatic carbocycles. The van der Waals surface area contributed by atoms with Gasteiger partial charge < -0.3 is 15.6 Å². The van der Waals surface area contributed by atoms with Gasteiger partial charge in [0.15, 0.2) is 17.0 Å². The minimum atomic E-state index is 0.416. The number of nitriles is 2. The van der Waals surface area contributed by atoms with E-state index in [0.29, 0.717) is 28.5 Å². The molecular formula is C23H18N8. The van der Waals surface area contributed by atoms with Gasteiger partial charge >= 0.3 is 0 Å².